The van der Waals surface area contributed by atoms with E-state index in [-0.39, 0.29) is 5.56 Å². The molecule has 0 fully saturated rings. The number of rotatable bonds is 6. The first kappa shape index (κ1) is 14.0. The Morgan fingerprint density at radius 1 is 1.53 bits per heavy atom. The van der Waals surface area contributed by atoms with Crippen molar-refractivity contribution >= 4 is 17.8 Å². The highest BCUT2D eigenvalue weighted by molar-refractivity contribution is 6.07. The highest BCUT2D eigenvalue weighted by Gasteiger charge is 2.12. The Hall–Kier alpha value is -1.07. The summed E-state index contributed by atoms with van der Waals surface area (Å²) < 4.78 is 6.14. The van der Waals surface area contributed by atoms with Gasteiger partial charge in [0.2, 0.25) is 5.95 Å². The molecule has 0 aliphatic carbocycles. The van der Waals surface area contributed by atoms with Crippen LogP contribution in [-0.4, -0.2) is 23.2 Å². The first-order chi connectivity index (χ1) is 8.15. The zero-order valence-electron chi connectivity index (χ0n) is 10.4. The van der Waals surface area contributed by atoms with E-state index >= 15 is 0 Å². The molecule has 1 heterocycles. The fourth-order valence-corrected chi connectivity index (χ4v) is 1.83. The molecule has 0 saturated heterocycles. The van der Waals surface area contributed by atoms with Crippen LogP contribution in [0.4, 0.5) is 5.95 Å². The Balaban J connectivity index is 3.22. The van der Waals surface area contributed by atoms with Crippen LogP contribution in [0.15, 0.2) is 4.79 Å². The molecule has 1 aromatic rings. The lowest BCUT2D eigenvalue weighted by Gasteiger charge is -2.14. The van der Waals surface area contributed by atoms with Crippen molar-refractivity contribution in [3.05, 3.63) is 21.6 Å². The molecule has 0 bridgehead atoms. The van der Waals surface area contributed by atoms with Crippen LogP contribution in [0.1, 0.15) is 24.6 Å². The van der Waals surface area contributed by atoms with Crippen LogP contribution in [0.3, 0.4) is 0 Å². The molecule has 0 aliphatic heterocycles. The van der Waals surface area contributed by atoms with Crippen molar-refractivity contribution in [2.45, 2.75) is 33.2 Å². The van der Waals surface area contributed by atoms with Crippen molar-refractivity contribution < 1.29 is 4.29 Å². The van der Waals surface area contributed by atoms with E-state index in [2.05, 4.69) is 14.6 Å². The maximum absolute atomic E-state index is 12.2. The Bertz CT molecular complexity index is 431. The Morgan fingerprint density at radius 2 is 2.24 bits per heavy atom. The highest BCUT2D eigenvalue weighted by atomic mass is 35.5. The third-order valence-corrected chi connectivity index (χ3v) is 2.72. The Morgan fingerprint density at radius 3 is 2.76 bits per heavy atom. The number of aryl methyl sites for hydroxylation is 1. The van der Waals surface area contributed by atoms with Crippen LogP contribution in [0, 0.1) is 6.92 Å². The molecule has 0 atom stereocenters. The van der Waals surface area contributed by atoms with Gasteiger partial charge in [0, 0.05) is 25.6 Å². The van der Waals surface area contributed by atoms with Gasteiger partial charge in [0.05, 0.1) is 24.2 Å². The third-order valence-electron chi connectivity index (χ3n) is 2.57. The number of hydrogen-bond donors (Lipinski definition) is 1. The summed E-state index contributed by atoms with van der Waals surface area (Å²) in [6.45, 7) is 4.80. The van der Waals surface area contributed by atoms with E-state index in [9.17, 15) is 4.79 Å². The standard InChI is InChI=1S/C11H18ClN3O2/c1-4-6-15-10(16)9(5-7-17-12)8(2)14-11(15)13-3/h4-7H2,1-3H3,(H,13,14). The molecule has 0 saturated carbocycles. The smallest absolute Gasteiger partial charge is 0.258 e. The van der Waals surface area contributed by atoms with Gasteiger partial charge < -0.3 is 5.32 Å². The van der Waals surface area contributed by atoms with Crippen molar-refractivity contribution in [1.29, 1.82) is 0 Å². The van der Waals surface area contributed by atoms with Crippen LogP contribution < -0.4 is 10.9 Å². The zero-order chi connectivity index (χ0) is 12.8. The van der Waals surface area contributed by atoms with Crippen LogP contribution in [0.25, 0.3) is 0 Å². The average Bonchev–Trinajstić information content (AvgIpc) is 2.32. The predicted molar refractivity (Wildman–Crippen MR) is 68.6 cm³/mol. The SMILES string of the molecule is CCCn1c(NC)nc(C)c(CCOCl)c1=O. The Labute approximate surface area is 106 Å². The Kier molecular flexibility index (Phi) is 5.44. The molecule has 5 nitrogen and oxygen atoms in total. The third kappa shape index (κ3) is 3.20. The molecule has 0 spiro atoms. The van der Waals surface area contributed by atoms with Crippen LogP contribution in [0.5, 0.6) is 0 Å². The summed E-state index contributed by atoms with van der Waals surface area (Å²) in [6.07, 6.45) is 1.36. The van der Waals surface area contributed by atoms with Crippen molar-refractivity contribution in [2.24, 2.45) is 0 Å². The highest BCUT2D eigenvalue weighted by Crippen LogP contribution is 2.08. The topological polar surface area (TPSA) is 56.1 Å². The molecular weight excluding hydrogens is 242 g/mol. The van der Waals surface area contributed by atoms with Gasteiger partial charge in [-0.25, -0.2) is 4.98 Å². The summed E-state index contributed by atoms with van der Waals surface area (Å²) in [5.41, 5.74) is 1.37. The molecule has 1 aromatic heterocycles. The predicted octanol–water partition coefficient (Wildman–Crippen LogP) is 1.72. The van der Waals surface area contributed by atoms with Crippen molar-refractivity contribution in [3.63, 3.8) is 0 Å². The zero-order valence-corrected chi connectivity index (χ0v) is 11.2. The summed E-state index contributed by atoms with van der Waals surface area (Å²) >= 11 is 5.17. The van der Waals surface area contributed by atoms with Gasteiger partial charge in [-0.15, -0.1) is 0 Å². The molecule has 1 rings (SSSR count). The molecule has 96 valence electrons. The van der Waals surface area contributed by atoms with E-state index in [0.717, 1.165) is 12.1 Å². The van der Waals surface area contributed by atoms with Crippen LogP contribution in [0.2, 0.25) is 0 Å². The van der Waals surface area contributed by atoms with Gasteiger partial charge in [-0.2, -0.15) is 0 Å². The lowest BCUT2D eigenvalue weighted by molar-refractivity contribution is 0.355. The maximum atomic E-state index is 12.2. The van der Waals surface area contributed by atoms with Crippen LogP contribution in [-0.2, 0) is 17.3 Å². The minimum absolute atomic E-state index is 0.0163. The summed E-state index contributed by atoms with van der Waals surface area (Å²) in [5, 5.41) is 2.94. The van der Waals surface area contributed by atoms with E-state index in [0.29, 0.717) is 31.1 Å². The number of aromatic nitrogens is 2. The minimum atomic E-state index is -0.0163. The number of hydrogen-bond acceptors (Lipinski definition) is 4. The monoisotopic (exact) mass is 259 g/mol. The largest absolute Gasteiger partial charge is 0.359 e. The van der Waals surface area contributed by atoms with Gasteiger partial charge in [-0.05, 0) is 13.3 Å². The van der Waals surface area contributed by atoms with Gasteiger partial charge in [-0.1, -0.05) is 6.92 Å². The van der Waals surface area contributed by atoms with Crippen molar-refractivity contribution in [1.82, 2.24) is 9.55 Å². The summed E-state index contributed by atoms with van der Waals surface area (Å²) in [5.74, 6) is 0.602. The molecular formula is C11H18ClN3O2. The van der Waals surface area contributed by atoms with Gasteiger partial charge >= 0.3 is 0 Å². The molecule has 0 amide bonds. The van der Waals surface area contributed by atoms with Crippen molar-refractivity contribution in [3.8, 4) is 0 Å². The summed E-state index contributed by atoms with van der Waals surface area (Å²) in [7, 11) is 1.76. The lowest BCUT2D eigenvalue weighted by atomic mass is 10.2. The minimum Gasteiger partial charge on any atom is -0.359 e. The molecule has 6 heteroatoms. The van der Waals surface area contributed by atoms with Crippen molar-refractivity contribution in [2.75, 3.05) is 19.0 Å². The van der Waals surface area contributed by atoms with E-state index < -0.39 is 0 Å². The summed E-state index contributed by atoms with van der Waals surface area (Å²) in [4.78, 5) is 16.6. The van der Waals surface area contributed by atoms with Gasteiger partial charge in [-0.3, -0.25) is 13.7 Å². The van der Waals surface area contributed by atoms with E-state index in [4.69, 9.17) is 11.9 Å². The van der Waals surface area contributed by atoms with Gasteiger partial charge in [0.1, 0.15) is 0 Å². The second-order valence-corrected chi connectivity index (χ2v) is 3.99. The number of halogens is 1. The molecule has 0 radical (unpaired) electrons. The lowest BCUT2D eigenvalue weighted by Crippen LogP contribution is -2.29. The number of nitrogens with one attached hydrogen (secondary N) is 1. The molecule has 1 N–H and O–H groups in total. The fraction of sp³-hybridized carbons (Fsp3) is 0.636. The normalized spacial score (nSPS) is 10.6. The number of anilines is 1. The quantitative estimate of drug-likeness (QED) is 0.845. The second-order valence-electron chi connectivity index (χ2n) is 3.77. The van der Waals surface area contributed by atoms with E-state index in [1.165, 1.54) is 0 Å². The first-order valence-corrected chi connectivity index (χ1v) is 5.98. The fourth-order valence-electron chi connectivity index (χ4n) is 1.75. The van der Waals surface area contributed by atoms with Gasteiger partial charge in [0.25, 0.3) is 5.56 Å². The van der Waals surface area contributed by atoms with Crippen LogP contribution >= 0.6 is 11.9 Å². The molecule has 0 aliphatic rings. The average molecular weight is 260 g/mol. The molecule has 0 aromatic carbocycles. The second kappa shape index (κ2) is 6.61. The molecule has 0 unspecified atom stereocenters. The maximum Gasteiger partial charge on any atom is 0.258 e. The first-order valence-electron chi connectivity index (χ1n) is 5.67. The molecule has 17 heavy (non-hydrogen) atoms. The summed E-state index contributed by atoms with van der Waals surface area (Å²) in [6, 6.07) is 0. The van der Waals surface area contributed by atoms with E-state index in [1.54, 1.807) is 11.6 Å². The number of nitrogens with zero attached hydrogens (tertiary/aromatic N) is 2. The van der Waals surface area contributed by atoms with Gasteiger partial charge in [0.15, 0.2) is 0 Å². The van der Waals surface area contributed by atoms with E-state index in [1.807, 2.05) is 13.8 Å².